The van der Waals surface area contributed by atoms with Crippen LogP contribution in [-0.4, -0.2) is 35.7 Å². The van der Waals surface area contributed by atoms with Gasteiger partial charge in [0, 0.05) is 11.6 Å². The molecule has 0 aliphatic carbocycles. The van der Waals surface area contributed by atoms with E-state index in [1.54, 1.807) is 0 Å². The molecule has 0 saturated heterocycles. The Morgan fingerprint density at radius 3 is 2.61 bits per heavy atom. The molecule has 0 heterocycles. The number of hydrogen-bond donors (Lipinski definition) is 1. The Balaban J connectivity index is 2.48. The third kappa shape index (κ3) is 4.92. The molecular formula is C14H21ClFNO. The molecule has 0 aliphatic heterocycles. The van der Waals surface area contributed by atoms with Gasteiger partial charge in [0.05, 0.1) is 6.10 Å². The second-order valence-corrected chi connectivity index (χ2v) is 4.82. The second kappa shape index (κ2) is 7.72. The lowest BCUT2D eigenvalue weighted by molar-refractivity contribution is 0.143. The van der Waals surface area contributed by atoms with Crippen molar-refractivity contribution >= 4 is 11.6 Å². The zero-order valence-corrected chi connectivity index (χ0v) is 11.8. The minimum Gasteiger partial charge on any atom is -0.393 e. The molecule has 102 valence electrons. The van der Waals surface area contributed by atoms with Crippen molar-refractivity contribution in [3.63, 3.8) is 0 Å². The van der Waals surface area contributed by atoms with Crippen molar-refractivity contribution in [3.8, 4) is 0 Å². The van der Waals surface area contributed by atoms with E-state index in [0.29, 0.717) is 23.4 Å². The quantitative estimate of drug-likeness (QED) is 0.825. The van der Waals surface area contributed by atoms with Gasteiger partial charge in [-0.05, 0) is 49.7 Å². The molecule has 2 nitrogen and oxygen atoms in total. The number of halogens is 2. The molecule has 0 saturated carbocycles. The van der Waals surface area contributed by atoms with Gasteiger partial charge in [-0.2, -0.15) is 0 Å². The lowest BCUT2D eigenvalue weighted by Crippen LogP contribution is -2.27. The molecule has 0 radical (unpaired) electrons. The number of hydrogen-bond acceptors (Lipinski definition) is 2. The van der Waals surface area contributed by atoms with Crippen LogP contribution in [0.3, 0.4) is 0 Å². The first-order valence-corrected chi connectivity index (χ1v) is 6.79. The molecule has 1 N–H and O–H groups in total. The topological polar surface area (TPSA) is 23.5 Å². The number of aliphatic hydroxyl groups is 1. The first kappa shape index (κ1) is 15.4. The minimum absolute atomic E-state index is 0.314. The van der Waals surface area contributed by atoms with Gasteiger partial charge >= 0.3 is 0 Å². The summed E-state index contributed by atoms with van der Waals surface area (Å²) in [6, 6.07) is 4.25. The zero-order chi connectivity index (χ0) is 13.5. The fraction of sp³-hybridized carbons (Fsp3) is 0.571. The van der Waals surface area contributed by atoms with Crippen LogP contribution >= 0.6 is 11.6 Å². The van der Waals surface area contributed by atoms with Crippen LogP contribution in [-0.2, 0) is 6.42 Å². The van der Waals surface area contributed by atoms with Gasteiger partial charge < -0.3 is 10.0 Å². The van der Waals surface area contributed by atoms with Gasteiger partial charge in [-0.25, -0.2) is 4.39 Å². The van der Waals surface area contributed by atoms with E-state index in [-0.39, 0.29) is 5.82 Å². The summed E-state index contributed by atoms with van der Waals surface area (Å²) in [5, 5.41) is 10.5. The van der Waals surface area contributed by atoms with E-state index in [1.165, 1.54) is 18.2 Å². The van der Waals surface area contributed by atoms with Crippen LogP contribution in [0, 0.1) is 5.82 Å². The summed E-state index contributed by atoms with van der Waals surface area (Å²) >= 11 is 5.97. The normalized spacial score (nSPS) is 13.0. The van der Waals surface area contributed by atoms with E-state index < -0.39 is 6.10 Å². The number of rotatable bonds is 7. The summed E-state index contributed by atoms with van der Waals surface area (Å²) < 4.78 is 13.1. The summed E-state index contributed by atoms with van der Waals surface area (Å²) in [5.74, 6) is -0.314. The monoisotopic (exact) mass is 273 g/mol. The van der Waals surface area contributed by atoms with Crippen molar-refractivity contribution < 1.29 is 9.50 Å². The molecule has 0 fully saturated rings. The Labute approximate surface area is 113 Å². The van der Waals surface area contributed by atoms with Crippen molar-refractivity contribution in [2.75, 3.05) is 19.6 Å². The van der Waals surface area contributed by atoms with Crippen LogP contribution in [0.25, 0.3) is 0 Å². The van der Waals surface area contributed by atoms with Gasteiger partial charge in [-0.3, -0.25) is 0 Å². The number of benzene rings is 1. The molecule has 0 spiro atoms. The molecule has 0 aromatic heterocycles. The van der Waals surface area contributed by atoms with Gasteiger partial charge in [0.1, 0.15) is 5.82 Å². The molecule has 18 heavy (non-hydrogen) atoms. The molecule has 1 aromatic carbocycles. The third-order valence-electron chi connectivity index (χ3n) is 3.14. The highest BCUT2D eigenvalue weighted by Crippen LogP contribution is 2.19. The molecule has 1 atom stereocenters. The van der Waals surface area contributed by atoms with Crippen LogP contribution in [0.5, 0.6) is 0 Å². The van der Waals surface area contributed by atoms with Gasteiger partial charge in [0.15, 0.2) is 0 Å². The Hall–Kier alpha value is -0.640. The highest BCUT2D eigenvalue weighted by Gasteiger charge is 2.11. The molecule has 1 unspecified atom stereocenters. The lowest BCUT2D eigenvalue weighted by Gasteiger charge is -2.20. The summed E-state index contributed by atoms with van der Waals surface area (Å²) in [7, 11) is 0. The van der Waals surface area contributed by atoms with E-state index in [1.807, 2.05) is 0 Å². The Bertz CT molecular complexity index is 369. The minimum atomic E-state index is -0.482. The van der Waals surface area contributed by atoms with Crippen LogP contribution in [0.4, 0.5) is 4.39 Å². The Morgan fingerprint density at radius 2 is 2.00 bits per heavy atom. The first-order valence-electron chi connectivity index (χ1n) is 6.41. The summed E-state index contributed by atoms with van der Waals surface area (Å²) in [5.41, 5.74) is 0.670. The van der Waals surface area contributed by atoms with Gasteiger partial charge in [-0.15, -0.1) is 0 Å². The highest BCUT2D eigenvalue weighted by molar-refractivity contribution is 6.31. The zero-order valence-electron chi connectivity index (χ0n) is 11.0. The third-order valence-corrected chi connectivity index (χ3v) is 3.51. The smallest absolute Gasteiger partial charge is 0.123 e. The standard InChI is InChI=1S/C14H21ClFNO/c1-3-17(4-2)8-7-13(18)10-11-9-12(16)5-6-14(11)15/h5-6,9,13,18H,3-4,7-8,10H2,1-2H3. The van der Waals surface area contributed by atoms with E-state index >= 15 is 0 Å². The summed E-state index contributed by atoms with van der Waals surface area (Å²) in [6.45, 7) is 6.99. The average Bonchev–Trinajstić information content (AvgIpc) is 2.35. The Kier molecular flexibility index (Phi) is 6.61. The highest BCUT2D eigenvalue weighted by atomic mass is 35.5. The average molecular weight is 274 g/mol. The maximum atomic E-state index is 13.1. The second-order valence-electron chi connectivity index (χ2n) is 4.41. The van der Waals surface area contributed by atoms with Gasteiger partial charge in [0.2, 0.25) is 0 Å². The Morgan fingerprint density at radius 1 is 1.33 bits per heavy atom. The van der Waals surface area contributed by atoms with Crippen molar-refractivity contribution in [1.82, 2.24) is 4.90 Å². The molecule has 4 heteroatoms. The van der Waals surface area contributed by atoms with Crippen LogP contribution < -0.4 is 0 Å². The number of aliphatic hydroxyl groups excluding tert-OH is 1. The maximum absolute atomic E-state index is 13.1. The van der Waals surface area contributed by atoms with Gasteiger partial charge in [0.25, 0.3) is 0 Å². The molecule has 1 rings (SSSR count). The van der Waals surface area contributed by atoms with Crippen molar-refractivity contribution in [2.24, 2.45) is 0 Å². The van der Waals surface area contributed by atoms with Crippen molar-refractivity contribution in [2.45, 2.75) is 32.8 Å². The first-order chi connectivity index (χ1) is 8.56. The SMILES string of the molecule is CCN(CC)CCC(O)Cc1cc(F)ccc1Cl. The fourth-order valence-electron chi connectivity index (χ4n) is 1.93. The molecule has 0 aliphatic rings. The van der Waals surface area contributed by atoms with E-state index in [4.69, 9.17) is 11.6 Å². The van der Waals surface area contributed by atoms with Crippen LogP contribution in [0.15, 0.2) is 18.2 Å². The molecule has 0 bridgehead atoms. The predicted octanol–water partition coefficient (Wildman–Crippen LogP) is 3.11. The van der Waals surface area contributed by atoms with Crippen molar-refractivity contribution in [1.29, 1.82) is 0 Å². The lowest BCUT2D eigenvalue weighted by atomic mass is 10.1. The predicted molar refractivity (Wildman–Crippen MR) is 73.5 cm³/mol. The molecule has 1 aromatic rings. The van der Waals surface area contributed by atoms with Crippen LogP contribution in [0.1, 0.15) is 25.8 Å². The summed E-state index contributed by atoms with van der Waals surface area (Å²) in [6.07, 6.45) is 0.594. The van der Waals surface area contributed by atoms with E-state index in [0.717, 1.165) is 19.6 Å². The summed E-state index contributed by atoms with van der Waals surface area (Å²) in [4.78, 5) is 2.25. The molecule has 0 amide bonds. The largest absolute Gasteiger partial charge is 0.393 e. The van der Waals surface area contributed by atoms with E-state index in [2.05, 4.69) is 18.7 Å². The number of nitrogens with zero attached hydrogens (tertiary/aromatic N) is 1. The molecular weight excluding hydrogens is 253 g/mol. The van der Waals surface area contributed by atoms with Gasteiger partial charge in [-0.1, -0.05) is 25.4 Å². The van der Waals surface area contributed by atoms with Crippen molar-refractivity contribution in [3.05, 3.63) is 34.6 Å². The van der Waals surface area contributed by atoms with Crippen LogP contribution in [0.2, 0.25) is 5.02 Å². The maximum Gasteiger partial charge on any atom is 0.123 e. The van der Waals surface area contributed by atoms with E-state index in [9.17, 15) is 9.50 Å². The fourth-order valence-corrected chi connectivity index (χ4v) is 2.12.